The Labute approximate surface area is 142 Å². The summed E-state index contributed by atoms with van der Waals surface area (Å²) >= 11 is 6.43. The molecular formula is C18H25ClN2O2. The minimum Gasteiger partial charge on any atom is -0.490 e. The highest BCUT2D eigenvalue weighted by molar-refractivity contribution is 6.31. The lowest BCUT2D eigenvalue weighted by molar-refractivity contribution is -0.120. The Bertz CT molecular complexity index is 572. The van der Waals surface area contributed by atoms with E-state index in [2.05, 4.69) is 17.9 Å². The average molecular weight is 337 g/mol. The second-order valence-electron chi connectivity index (χ2n) is 6.96. The highest BCUT2D eigenvalue weighted by atomic mass is 35.5. The molecular weight excluding hydrogens is 312 g/mol. The molecule has 1 aliphatic carbocycles. The largest absolute Gasteiger partial charge is 0.490 e. The molecule has 1 aromatic rings. The van der Waals surface area contributed by atoms with Gasteiger partial charge in [-0.3, -0.25) is 9.69 Å². The normalized spacial score (nSPS) is 27.7. The molecule has 1 saturated heterocycles. The van der Waals surface area contributed by atoms with Crippen LogP contribution in [0.15, 0.2) is 18.2 Å². The number of hydrogen-bond donors (Lipinski definition) is 1. The van der Waals surface area contributed by atoms with Gasteiger partial charge in [-0.1, -0.05) is 17.7 Å². The molecule has 1 aromatic carbocycles. The van der Waals surface area contributed by atoms with E-state index in [0.29, 0.717) is 18.4 Å². The van der Waals surface area contributed by atoms with Gasteiger partial charge in [-0.25, -0.2) is 0 Å². The molecule has 23 heavy (non-hydrogen) atoms. The Hall–Kier alpha value is -1.26. The molecule has 1 aliphatic heterocycles. The molecule has 1 saturated carbocycles. The molecule has 0 spiro atoms. The van der Waals surface area contributed by atoms with Crippen molar-refractivity contribution in [1.29, 1.82) is 0 Å². The van der Waals surface area contributed by atoms with Gasteiger partial charge < -0.3 is 10.5 Å². The van der Waals surface area contributed by atoms with Crippen LogP contribution in [0.2, 0.25) is 5.02 Å². The molecule has 1 amide bonds. The number of carbonyl (C=O) groups is 1. The molecule has 0 bridgehead atoms. The monoisotopic (exact) mass is 336 g/mol. The molecule has 5 heteroatoms. The number of halogens is 1. The predicted molar refractivity (Wildman–Crippen MR) is 91.5 cm³/mol. The molecule has 0 aromatic heterocycles. The lowest BCUT2D eigenvalue weighted by atomic mass is 9.80. The van der Waals surface area contributed by atoms with Crippen LogP contribution in [-0.4, -0.2) is 29.5 Å². The third kappa shape index (κ3) is 4.18. The van der Waals surface area contributed by atoms with Crippen molar-refractivity contribution in [3.8, 4) is 5.75 Å². The van der Waals surface area contributed by atoms with Gasteiger partial charge in [0.15, 0.2) is 0 Å². The van der Waals surface area contributed by atoms with Crippen molar-refractivity contribution in [2.75, 3.05) is 6.54 Å². The van der Waals surface area contributed by atoms with Crippen LogP contribution < -0.4 is 10.5 Å². The van der Waals surface area contributed by atoms with Crippen molar-refractivity contribution in [3.05, 3.63) is 28.8 Å². The van der Waals surface area contributed by atoms with E-state index < -0.39 is 0 Å². The number of hydrogen-bond acceptors (Lipinski definition) is 3. The lowest BCUT2D eigenvalue weighted by Gasteiger charge is -2.34. The summed E-state index contributed by atoms with van der Waals surface area (Å²) in [6, 6.07) is 6.63. The number of rotatable bonds is 6. The summed E-state index contributed by atoms with van der Waals surface area (Å²) in [4.78, 5) is 13.3. The van der Waals surface area contributed by atoms with Gasteiger partial charge in [0, 0.05) is 24.0 Å². The predicted octanol–water partition coefficient (Wildman–Crippen LogP) is 3.36. The number of likely N-dealkylation sites (tertiary alicyclic amines) is 1. The third-order valence-electron chi connectivity index (χ3n) is 5.07. The van der Waals surface area contributed by atoms with Crippen LogP contribution in [0.25, 0.3) is 0 Å². The van der Waals surface area contributed by atoms with Crippen molar-refractivity contribution in [2.24, 2.45) is 11.7 Å². The summed E-state index contributed by atoms with van der Waals surface area (Å²) in [6.45, 7) is 4.33. The van der Waals surface area contributed by atoms with E-state index in [1.807, 2.05) is 12.1 Å². The van der Waals surface area contributed by atoms with Crippen molar-refractivity contribution >= 4 is 17.5 Å². The topological polar surface area (TPSA) is 55.6 Å². The Morgan fingerprint density at radius 2 is 2.22 bits per heavy atom. The number of ether oxygens (including phenoxy) is 1. The second kappa shape index (κ2) is 7.10. The van der Waals surface area contributed by atoms with E-state index in [1.165, 1.54) is 12.8 Å². The Morgan fingerprint density at radius 3 is 2.83 bits per heavy atom. The number of primary amides is 1. The van der Waals surface area contributed by atoms with Gasteiger partial charge in [-0.15, -0.1) is 0 Å². The van der Waals surface area contributed by atoms with Crippen LogP contribution in [0.3, 0.4) is 0 Å². The summed E-state index contributed by atoms with van der Waals surface area (Å²) in [5.74, 6) is 0.969. The molecule has 2 aliphatic rings. The third-order valence-corrected chi connectivity index (χ3v) is 5.43. The standard InChI is InChI=1S/C18H25ClN2O2/c1-12-3-2-6-21(12)11-14-4-5-15(10-17(14)19)23-16-7-13(8-16)9-18(20)22/h4-5,10,12-13,16H,2-3,6-9,11H2,1H3,(H2,20,22)/t12-,13?,16?/m0/s1. The Morgan fingerprint density at radius 1 is 1.43 bits per heavy atom. The molecule has 0 unspecified atom stereocenters. The van der Waals surface area contributed by atoms with E-state index in [1.54, 1.807) is 0 Å². The van der Waals surface area contributed by atoms with E-state index in [4.69, 9.17) is 22.1 Å². The summed E-state index contributed by atoms with van der Waals surface area (Å²) < 4.78 is 5.94. The molecule has 1 atom stereocenters. The van der Waals surface area contributed by atoms with E-state index in [-0.39, 0.29) is 12.0 Å². The van der Waals surface area contributed by atoms with Gasteiger partial charge in [0.1, 0.15) is 5.75 Å². The number of nitrogens with zero attached hydrogens (tertiary/aromatic N) is 1. The van der Waals surface area contributed by atoms with Gasteiger partial charge in [0.05, 0.1) is 6.10 Å². The van der Waals surface area contributed by atoms with Gasteiger partial charge in [0.25, 0.3) is 0 Å². The Kier molecular flexibility index (Phi) is 5.12. The van der Waals surface area contributed by atoms with Crippen molar-refractivity contribution in [3.63, 3.8) is 0 Å². The molecule has 4 nitrogen and oxygen atoms in total. The molecule has 126 valence electrons. The summed E-state index contributed by atoms with van der Waals surface area (Å²) in [6.07, 6.45) is 4.98. The smallest absolute Gasteiger partial charge is 0.217 e. The SMILES string of the molecule is C[C@H]1CCCN1Cc1ccc(OC2CC(CC(N)=O)C2)cc1Cl. The lowest BCUT2D eigenvalue weighted by Crippen LogP contribution is -2.36. The van der Waals surface area contributed by atoms with Crippen molar-refractivity contribution in [1.82, 2.24) is 4.90 Å². The molecule has 3 rings (SSSR count). The molecule has 0 radical (unpaired) electrons. The number of amides is 1. The van der Waals surface area contributed by atoms with Crippen molar-refractivity contribution in [2.45, 2.75) is 57.7 Å². The zero-order valence-electron chi connectivity index (χ0n) is 13.6. The Balaban J connectivity index is 1.52. The maximum absolute atomic E-state index is 10.9. The maximum Gasteiger partial charge on any atom is 0.217 e. The summed E-state index contributed by atoms with van der Waals surface area (Å²) in [7, 11) is 0. The first kappa shape index (κ1) is 16.6. The zero-order valence-corrected chi connectivity index (χ0v) is 14.4. The molecule has 1 heterocycles. The van der Waals surface area contributed by atoms with Gasteiger partial charge in [0.2, 0.25) is 5.91 Å². The highest BCUT2D eigenvalue weighted by Gasteiger charge is 2.32. The highest BCUT2D eigenvalue weighted by Crippen LogP contribution is 2.35. The van der Waals surface area contributed by atoms with Crippen LogP contribution in [0.4, 0.5) is 0 Å². The number of carbonyl (C=O) groups excluding carboxylic acids is 1. The molecule has 2 N–H and O–H groups in total. The van der Waals surface area contributed by atoms with Crippen molar-refractivity contribution < 1.29 is 9.53 Å². The van der Waals surface area contributed by atoms with Crippen LogP contribution in [0, 0.1) is 5.92 Å². The maximum atomic E-state index is 10.9. The van der Waals surface area contributed by atoms with Crippen LogP contribution in [0.1, 0.15) is 44.6 Å². The summed E-state index contributed by atoms with van der Waals surface area (Å²) in [5, 5.41) is 0.773. The minimum absolute atomic E-state index is 0.180. The molecule has 2 fully saturated rings. The number of benzene rings is 1. The van der Waals surface area contributed by atoms with E-state index in [9.17, 15) is 4.79 Å². The van der Waals surface area contributed by atoms with E-state index >= 15 is 0 Å². The zero-order chi connectivity index (χ0) is 16.4. The fourth-order valence-corrected chi connectivity index (χ4v) is 3.82. The van der Waals surface area contributed by atoms with Gasteiger partial charge in [-0.05, 0) is 62.8 Å². The fourth-order valence-electron chi connectivity index (χ4n) is 3.59. The average Bonchev–Trinajstić information content (AvgIpc) is 2.84. The van der Waals surface area contributed by atoms with Crippen LogP contribution in [0.5, 0.6) is 5.75 Å². The van der Waals surface area contributed by atoms with E-state index in [0.717, 1.165) is 42.3 Å². The fraction of sp³-hybridized carbons (Fsp3) is 0.611. The summed E-state index contributed by atoms with van der Waals surface area (Å²) in [5.41, 5.74) is 6.37. The van der Waals surface area contributed by atoms with Crippen LogP contribution in [-0.2, 0) is 11.3 Å². The first-order chi connectivity index (χ1) is 11.0. The number of nitrogens with two attached hydrogens (primary N) is 1. The van der Waals surface area contributed by atoms with Gasteiger partial charge >= 0.3 is 0 Å². The second-order valence-corrected chi connectivity index (χ2v) is 7.37. The minimum atomic E-state index is -0.225. The van der Waals surface area contributed by atoms with Crippen LogP contribution >= 0.6 is 11.6 Å². The first-order valence-corrected chi connectivity index (χ1v) is 8.86. The first-order valence-electron chi connectivity index (χ1n) is 8.48. The quantitative estimate of drug-likeness (QED) is 0.866. The van der Waals surface area contributed by atoms with Gasteiger partial charge in [-0.2, -0.15) is 0 Å².